The molecule has 0 saturated carbocycles. The zero-order valence-electron chi connectivity index (χ0n) is 21.0. The maximum atomic E-state index is 14.5. The molecule has 10 nitrogen and oxygen atoms in total. The number of ether oxygens (including phenoxy) is 2. The fourth-order valence-electron chi connectivity index (χ4n) is 4.35. The molecule has 0 spiro atoms. The van der Waals surface area contributed by atoms with Crippen molar-refractivity contribution >= 4 is 45.7 Å². The van der Waals surface area contributed by atoms with Crippen LogP contribution in [-0.2, 0) is 0 Å². The number of likely N-dealkylation sites (tertiary alicyclic amines) is 1. The van der Waals surface area contributed by atoms with E-state index in [1.54, 1.807) is 50.1 Å². The van der Waals surface area contributed by atoms with E-state index in [1.165, 1.54) is 12.4 Å². The van der Waals surface area contributed by atoms with Gasteiger partial charge in [-0.1, -0.05) is 22.8 Å². The lowest BCUT2D eigenvalue weighted by molar-refractivity contribution is 0.113. The molecule has 1 aliphatic rings. The average Bonchev–Trinajstić information content (AvgIpc) is 3.23. The standard InChI is InChI=1S/C26H26ClFN6O4/c1-14-24(15(2)38-33-14)32-26(35)34-9-7-16(8-10-34)37-22-11-17-20(12-21(22)36-3)29-13-30-25(17)31-19-6-4-5-18(27)23(19)28/h4-6,11-13,16H,7-10H2,1-3H3,(H,32,35)(H,29,30,31). The predicted molar refractivity (Wildman–Crippen MR) is 141 cm³/mol. The van der Waals surface area contributed by atoms with Gasteiger partial charge in [-0.2, -0.15) is 0 Å². The van der Waals surface area contributed by atoms with Crippen LogP contribution in [0.5, 0.6) is 11.5 Å². The fourth-order valence-corrected chi connectivity index (χ4v) is 4.52. The number of anilines is 3. The van der Waals surface area contributed by atoms with Crippen LogP contribution in [0.3, 0.4) is 0 Å². The minimum Gasteiger partial charge on any atom is -0.493 e. The van der Waals surface area contributed by atoms with Gasteiger partial charge in [-0.25, -0.2) is 19.2 Å². The molecule has 0 aliphatic carbocycles. The molecule has 1 saturated heterocycles. The van der Waals surface area contributed by atoms with E-state index < -0.39 is 5.82 Å². The Morgan fingerprint density at radius 3 is 2.68 bits per heavy atom. The van der Waals surface area contributed by atoms with E-state index in [4.69, 9.17) is 25.6 Å². The molecule has 12 heteroatoms. The van der Waals surface area contributed by atoms with Crippen molar-refractivity contribution in [3.63, 3.8) is 0 Å². The number of nitrogens with zero attached hydrogens (tertiary/aromatic N) is 4. The van der Waals surface area contributed by atoms with Crippen LogP contribution in [0.4, 0.5) is 26.4 Å². The topological polar surface area (TPSA) is 115 Å². The first-order valence-corrected chi connectivity index (χ1v) is 12.4. The van der Waals surface area contributed by atoms with Gasteiger partial charge in [0.15, 0.2) is 23.1 Å². The molecular formula is C26H26ClFN6O4. The summed E-state index contributed by atoms with van der Waals surface area (Å²) in [7, 11) is 1.55. The van der Waals surface area contributed by atoms with Gasteiger partial charge in [-0.15, -0.1) is 0 Å². The molecule has 0 atom stereocenters. The van der Waals surface area contributed by atoms with Gasteiger partial charge in [0.25, 0.3) is 0 Å². The Hall–Kier alpha value is -4.12. The Labute approximate surface area is 223 Å². The quantitative estimate of drug-likeness (QED) is 0.313. The molecule has 198 valence electrons. The zero-order valence-corrected chi connectivity index (χ0v) is 21.8. The molecule has 2 aromatic heterocycles. The van der Waals surface area contributed by atoms with Gasteiger partial charge in [0.1, 0.15) is 29.6 Å². The van der Waals surface area contributed by atoms with Gasteiger partial charge in [-0.3, -0.25) is 0 Å². The summed E-state index contributed by atoms with van der Waals surface area (Å²) in [6.45, 7) is 4.56. The van der Waals surface area contributed by atoms with Crippen molar-refractivity contribution in [3.8, 4) is 11.5 Å². The van der Waals surface area contributed by atoms with Crippen molar-refractivity contribution in [2.45, 2.75) is 32.8 Å². The van der Waals surface area contributed by atoms with Gasteiger partial charge in [0.2, 0.25) is 0 Å². The molecule has 0 radical (unpaired) electrons. The van der Waals surface area contributed by atoms with Crippen LogP contribution in [0.15, 0.2) is 41.2 Å². The second-order valence-electron chi connectivity index (χ2n) is 8.90. The van der Waals surface area contributed by atoms with Crippen molar-refractivity contribution in [2.75, 3.05) is 30.8 Å². The highest BCUT2D eigenvalue weighted by Gasteiger charge is 2.26. The molecule has 1 aliphatic heterocycles. The fraction of sp³-hybridized carbons (Fsp3) is 0.308. The summed E-state index contributed by atoms with van der Waals surface area (Å²) in [5, 5.41) is 10.4. The van der Waals surface area contributed by atoms with Gasteiger partial charge in [0, 0.05) is 37.4 Å². The van der Waals surface area contributed by atoms with Gasteiger partial charge in [0.05, 0.1) is 23.3 Å². The second kappa shape index (κ2) is 10.7. The van der Waals surface area contributed by atoms with E-state index in [0.29, 0.717) is 71.3 Å². The number of hydrogen-bond acceptors (Lipinski definition) is 8. The molecule has 2 amide bonds. The lowest BCUT2D eigenvalue weighted by Gasteiger charge is -2.32. The molecular weight excluding hydrogens is 515 g/mol. The van der Waals surface area contributed by atoms with Crippen molar-refractivity contribution in [1.29, 1.82) is 0 Å². The summed E-state index contributed by atoms with van der Waals surface area (Å²) in [6.07, 6.45) is 2.49. The number of aromatic nitrogens is 3. The largest absolute Gasteiger partial charge is 0.493 e. The van der Waals surface area contributed by atoms with Gasteiger partial charge in [-0.05, 0) is 32.0 Å². The third-order valence-electron chi connectivity index (χ3n) is 6.41. The lowest BCUT2D eigenvalue weighted by Crippen LogP contribution is -2.43. The predicted octanol–water partition coefficient (Wildman–Crippen LogP) is 5.85. The number of urea groups is 1. The number of halogens is 2. The van der Waals surface area contributed by atoms with Gasteiger partial charge >= 0.3 is 6.03 Å². The minimum absolute atomic E-state index is 0.00535. The Balaban J connectivity index is 1.31. The average molecular weight is 541 g/mol. The molecule has 5 rings (SSSR count). The van der Waals surface area contributed by atoms with E-state index in [9.17, 15) is 9.18 Å². The summed E-state index contributed by atoms with van der Waals surface area (Å²) < 4.78 is 31.5. The highest BCUT2D eigenvalue weighted by Crippen LogP contribution is 2.37. The normalized spacial score (nSPS) is 14.0. The van der Waals surface area contributed by atoms with Crippen LogP contribution < -0.4 is 20.1 Å². The number of benzene rings is 2. The first kappa shape index (κ1) is 25.5. The number of amides is 2. The van der Waals surface area contributed by atoms with E-state index in [1.807, 2.05) is 0 Å². The highest BCUT2D eigenvalue weighted by molar-refractivity contribution is 6.31. The van der Waals surface area contributed by atoms with Gasteiger partial charge < -0.3 is 29.5 Å². The first-order valence-electron chi connectivity index (χ1n) is 12.0. The summed E-state index contributed by atoms with van der Waals surface area (Å²) in [4.78, 5) is 23.1. The maximum absolute atomic E-state index is 14.5. The number of rotatable bonds is 6. The lowest BCUT2D eigenvalue weighted by atomic mass is 10.1. The molecule has 0 bridgehead atoms. The van der Waals surface area contributed by atoms with Crippen LogP contribution in [0, 0.1) is 19.7 Å². The Bertz CT molecular complexity index is 1470. The molecule has 2 N–H and O–H groups in total. The molecule has 2 aromatic carbocycles. The van der Waals surface area contributed by atoms with Crippen LogP contribution in [0.25, 0.3) is 10.9 Å². The third kappa shape index (κ3) is 5.14. The van der Waals surface area contributed by atoms with Crippen molar-refractivity contribution < 1.29 is 23.2 Å². The second-order valence-corrected chi connectivity index (χ2v) is 9.31. The summed E-state index contributed by atoms with van der Waals surface area (Å²) in [6, 6.07) is 8.01. The van der Waals surface area contributed by atoms with Crippen LogP contribution >= 0.6 is 11.6 Å². The molecule has 0 unspecified atom stereocenters. The number of piperidine rings is 1. The van der Waals surface area contributed by atoms with E-state index in [2.05, 4.69) is 25.8 Å². The van der Waals surface area contributed by atoms with Crippen molar-refractivity contribution in [2.24, 2.45) is 0 Å². The summed E-state index contributed by atoms with van der Waals surface area (Å²) in [5.41, 5.74) is 2.02. The molecule has 1 fully saturated rings. The summed E-state index contributed by atoms with van der Waals surface area (Å²) in [5.74, 6) is 1.40. The Morgan fingerprint density at radius 1 is 1.18 bits per heavy atom. The SMILES string of the molecule is COc1cc2ncnc(Nc3cccc(Cl)c3F)c2cc1OC1CCN(C(=O)Nc2c(C)noc2C)CC1. The molecule has 3 heterocycles. The number of carbonyl (C=O) groups is 1. The van der Waals surface area contributed by atoms with Crippen LogP contribution in [0.2, 0.25) is 5.02 Å². The first-order chi connectivity index (χ1) is 18.3. The maximum Gasteiger partial charge on any atom is 0.321 e. The Kier molecular flexibility index (Phi) is 7.19. The summed E-state index contributed by atoms with van der Waals surface area (Å²) >= 11 is 5.93. The van der Waals surface area contributed by atoms with Crippen molar-refractivity contribution in [3.05, 3.63) is 59.0 Å². The smallest absolute Gasteiger partial charge is 0.321 e. The minimum atomic E-state index is -0.573. The number of methoxy groups -OCH3 is 1. The number of nitrogens with one attached hydrogen (secondary N) is 2. The zero-order chi connectivity index (χ0) is 26.8. The van der Waals surface area contributed by atoms with Crippen molar-refractivity contribution in [1.82, 2.24) is 20.0 Å². The molecule has 38 heavy (non-hydrogen) atoms. The molecule has 4 aromatic rings. The van der Waals surface area contributed by atoms with E-state index in [0.717, 1.165) is 0 Å². The van der Waals surface area contributed by atoms with Crippen LogP contribution in [-0.4, -0.2) is 52.4 Å². The van der Waals surface area contributed by atoms with E-state index >= 15 is 0 Å². The number of carbonyl (C=O) groups excluding carboxylic acids is 1. The van der Waals surface area contributed by atoms with Crippen LogP contribution in [0.1, 0.15) is 24.3 Å². The highest BCUT2D eigenvalue weighted by atomic mass is 35.5. The monoisotopic (exact) mass is 540 g/mol. The number of hydrogen-bond donors (Lipinski definition) is 2. The Morgan fingerprint density at radius 2 is 1.97 bits per heavy atom. The third-order valence-corrected chi connectivity index (χ3v) is 6.71. The number of fused-ring (bicyclic) bond motifs is 1. The van der Waals surface area contributed by atoms with E-state index in [-0.39, 0.29) is 22.8 Å². The number of aryl methyl sites for hydroxylation is 2.